The van der Waals surface area contributed by atoms with Crippen LogP contribution in [0.15, 0.2) is 84.2 Å². The van der Waals surface area contributed by atoms with Gasteiger partial charge in [-0.25, -0.2) is 9.97 Å². The summed E-state index contributed by atoms with van der Waals surface area (Å²) in [5.74, 6) is 0.623. The molecule has 2 aliphatic heterocycles. The highest BCUT2D eigenvalue weighted by Crippen LogP contribution is 2.37. The summed E-state index contributed by atoms with van der Waals surface area (Å²) in [5.41, 5.74) is 7.41. The Morgan fingerprint density at radius 3 is 2.61 bits per heavy atom. The molecule has 2 atom stereocenters. The highest BCUT2D eigenvalue weighted by atomic mass is 32.1. The number of pyridine rings is 1. The molecule has 10 nitrogen and oxygen atoms in total. The third kappa shape index (κ3) is 6.10. The average Bonchev–Trinajstić information content (AvgIpc) is 3.70. The molecule has 6 heterocycles. The van der Waals surface area contributed by atoms with Crippen LogP contribution in [0.4, 0.5) is 5.82 Å². The maximum absolute atomic E-state index is 14.1. The second-order valence-corrected chi connectivity index (χ2v) is 13.9. The zero-order valence-corrected chi connectivity index (χ0v) is 26.8. The number of nitrogens with two attached hydrogens (primary N) is 1. The van der Waals surface area contributed by atoms with Crippen molar-refractivity contribution in [2.24, 2.45) is 13.0 Å². The number of piperidine rings is 2. The Morgan fingerprint density at radius 1 is 1.04 bits per heavy atom. The number of hydrogen-bond donors (Lipinski definition) is 2. The van der Waals surface area contributed by atoms with Crippen molar-refractivity contribution in [2.75, 3.05) is 31.9 Å². The van der Waals surface area contributed by atoms with E-state index in [2.05, 4.69) is 39.1 Å². The summed E-state index contributed by atoms with van der Waals surface area (Å²) in [7, 11) is 1.85. The lowest BCUT2D eigenvalue weighted by Gasteiger charge is -2.43. The van der Waals surface area contributed by atoms with E-state index < -0.39 is 5.60 Å². The number of carbonyl (C=O) groups excluding carboxylic acids is 1. The maximum Gasteiger partial charge on any atom is 0.262 e. The molecule has 46 heavy (non-hydrogen) atoms. The molecule has 0 radical (unpaired) electrons. The van der Waals surface area contributed by atoms with Crippen LogP contribution in [0.5, 0.6) is 0 Å². The molecular formula is C35H39N7O3S. The molecule has 0 spiro atoms. The second kappa shape index (κ2) is 12.5. The van der Waals surface area contributed by atoms with Crippen LogP contribution in [0.2, 0.25) is 0 Å². The zero-order chi connectivity index (χ0) is 31.8. The van der Waals surface area contributed by atoms with Gasteiger partial charge < -0.3 is 20.3 Å². The Kier molecular flexibility index (Phi) is 8.22. The van der Waals surface area contributed by atoms with Crippen molar-refractivity contribution in [3.63, 3.8) is 0 Å². The van der Waals surface area contributed by atoms with Crippen LogP contribution < -0.4 is 11.3 Å². The van der Waals surface area contributed by atoms with E-state index >= 15 is 0 Å². The monoisotopic (exact) mass is 637 g/mol. The highest BCUT2D eigenvalue weighted by molar-refractivity contribution is 7.15. The number of thiophene rings is 1. The number of benzene rings is 1. The van der Waals surface area contributed by atoms with E-state index in [0.29, 0.717) is 42.8 Å². The van der Waals surface area contributed by atoms with Crippen molar-refractivity contribution in [1.82, 2.24) is 28.9 Å². The predicted octanol–water partition coefficient (Wildman–Crippen LogP) is 4.10. The van der Waals surface area contributed by atoms with Crippen molar-refractivity contribution >= 4 is 34.1 Å². The van der Waals surface area contributed by atoms with Crippen LogP contribution in [0.25, 0.3) is 21.5 Å². The lowest BCUT2D eigenvalue weighted by molar-refractivity contribution is -0.142. The Hall–Kier alpha value is -4.32. The standard InChI is InChI=1S/C35H39N7O3S/c1-39-15-11-28-32(39)38-23-42(34(28)44)22-35(45)13-17-41(18-14-35)33(43)27-12-16-40(21-29(27)24-5-3-2-4-6-24)20-26-8-9-30(46-26)25-7-10-31(36)37-19-25/h2-11,15,19,23,27,29,45H,12-14,16-18,20-22H2,1H3,(H2,36,37)/t27-,29+/m1/s1. The lowest BCUT2D eigenvalue weighted by atomic mass is 9.79. The van der Waals surface area contributed by atoms with E-state index in [1.165, 1.54) is 26.2 Å². The molecule has 0 aliphatic carbocycles. The van der Waals surface area contributed by atoms with Gasteiger partial charge in [-0.2, -0.15) is 0 Å². The number of aliphatic hydroxyl groups is 1. The van der Waals surface area contributed by atoms with Crippen molar-refractivity contribution in [3.05, 3.63) is 100 Å². The number of amides is 1. The zero-order valence-electron chi connectivity index (χ0n) is 26.0. The van der Waals surface area contributed by atoms with Gasteiger partial charge in [0.1, 0.15) is 17.8 Å². The van der Waals surface area contributed by atoms with Crippen molar-refractivity contribution in [3.8, 4) is 10.4 Å². The van der Waals surface area contributed by atoms with E-state index in [1.807, 2.05) is 59.2 Å². The number of carbonyl (C=O) groups is 1. The van der Waals surface area contributed by atoms with Crippen molar-refractivity contribution in [2.45, 2.75) is 43.9 Å². The molecular weight excluding hydrogens is 598 g/mol. The molecule has 1 amide bonds. The molecule has 2 saturated heterocycles. The van der Waals surface area contributed by atoms with Gasteiger partial charge in [-0.1, -0.05) is 30.3 Å². The van der Waals surface area contributed by atoms with Crippen LogP contribution in [0, 0.1) is 5.92 Å². The first-order valence-corrected chi connectivity index (χ1v) is 16.7. The summed E-state index contributed by atoms with van der Waals surface area (Å²) in [4.78, 5) is 42.7. The van der Waals surface area contributed by atoms with Crippen molar-refractivity contribution < 1.29 is 9.90 Å². The molecule has 0 bridgehead atoms. The predicted molar refractivity (Wildman–Crippen MR) is 180 cm³/mol. The fourth-order valence-corrected chi connectivity index (χ4v) is 8.07. The van der Waals surface area contributed by atoms with Crippen LogP contribution in [0.3, 0.4) is 0 Å². The summed E-state index contributed by atoms with van der Waals surface area (Å²) in [6.45, 7) is 3.56. The third-order valence-electron chi connectivity index (χ3n) is 9.67. The Balaban J connectivity index is 1.02. The number of rotatable bonds is 7. The lowest BCUT2D eigenvalue weighted by Crippen LogP contribution is -2.53. The summed E-state index contributed by atoms with van der Waals surface area (Å²) in [5, 5.41) is 12.0. The average molecular weight is 638 g/mol. The van der Waals surface area contributed by atoms with Crippen LogP contribution >= 0.6 is 11.3 Å². The molecule has 238 valence electrons. The van der Waals surface area contributed by atoms with Gasteiger partial charge in [-0.05, 0) is 61.7 Å². The van der Waals surface area contributed by atoms with E-state index in [-0.39, 0.29) is 29.8 Å². The molecule has 2 fully saturated rings. The van der Waals surface area contributed by atoms with Gasteiger partial charge in [0.05, 0.1) is 17.5 Å². The molecule has 11 heteroatoms. The minimum Gasteiger partial charge on any atom is -0.388 e. The van der Waals surface area contributed by atoms with Crippen LogP contribution in [-0.4, -0.2) is 71.7 Å². The van der Waals surface area contributed by atoms with Gasteiger partial charge in [0.25, 0.3) is 5.56 Å². The van der Waals surface area contributed by atoms with Crippen LogP contribution in [-0.2, 0) is 24.9 Å². The smallest absolute Gasteiger partial charge is 0.262 e. The summed E-state index contributed by atoms with van der Waals surface area (Å²) < 4.78 is 3.32. The second-order valence-electron chi connectivity index (χ2n) is 12.8. The fraction of sp³-hybridized carbons (Fsp3) is 0.371. The van der Waals surface area contributed by atoms with E-state index in [1.54, 1.807) is 17.4 Å². The Labute approximate surface area is 271 Å². The number of fused-ring (bicyclic) bond motifs is 1. The minimum absolute atomic E-state index is 0.0752. The topological polar surface area (TPSA) is 123 Å². The highest BCUT2D eigenvalue weighted by Gasteiger charge is 2.41. The Morgan fingerprint density at radius 2 is 1.85 bits per heavy atom. The molecule has 4 aromatic heterocycles. The number of likely N-dealkylation sites (tertiary alicyclic amines) is 2. The normalized spacial score (nSPS) is 20.3. The Bertz CT molecular complexity index is 1890. The molecule has 2 aliphatic rings. The maximum atomic E-state index is 14.1. The molecule has 0 unspecified atom stereocenters. The first-order chi connectivity index (χ1) is 22.3. The first-order valence-electron chi connectivity index (χ1n) is 15.9. The summed E-state index contributed by atoms with van der Waals surface area (Å²) >= 11 is 1.77. The molecule has 3 N–H and O–H groups in total. The SMILES string of the molecule is Cn1ccc2c(=O)n(CC3(O)CCN(C(=O)[C@@H]4CCN(Cc5ccc(-c6ccc(N)nc6)s5)C[C@H]4c4ccccc4)CC3)cnc21. The molecule has 1 aromatic carbocycles. The number of aromatic nitrogens is 4. The number of hydrogen-bond acceptors (Lipinski definition) is 8. The van der Waals surface area contributed by atoms with Gasteiger partial charge in [0, 0.05) is 72.8 Å². The van der Waals surface area contributed by atoms with E-state index in [0.717, 1.165) is 31.6 Å². The number of aryl methyl sites for hydroxylation is 1. The van der Waals surface area contributed by atoms with E-state index in [9.17, 15) is 14.7 Å². The largest absolute Gasteiger partial charge is 0.388 e. The van der Waals surface area contributed by atoms with Gasteiger partial charge in [-0.3, -0.25) is 19.1 Å². The van der Waals surface area contributed by atoms with E-state index in [4.69, 9.17) is 5.73 Å². The molecule has 7 rings (SSSR count). The van der Waals surface area contributed by atoms with Gasteiger partial charge >= 0.3 is 0 Å². The quantitative estimate of drug-likeness (QED) is 0.276. The van der Waals surface area contributed by atoms with Gasteiger partial charge in [0.15, 0.2) is 0 Å². The summed E-state index contributed by atoms with van der Waals surface area (Å²) in [6.07, 6.45) is 6.75. The number of nitrogen functional groups attached to an aromatic ring is 1. The summed E-state index contributed by atoms with van der Waals surface area (Å²) in [6, 6.07) is 20.3. The van der Waals surface area contributed by atoms with Crippen molar-refractivity contribution in [1.29, 1.82) is 0 Å². The fourth-order valence-electron chi connectivity index (χ4n) is 7.03. The van der Waals surface area contributed by atoms with Crippen LogP contribution in [0.1, 0.15) is 35.6 Å². The third-order valence-corrected chi connectivity index (χ3v) is 10.8. The molecule has 0 saturated carbocycles. The first kappa shape index (κ1) is 30.3. The van der Waals surface area contributed by atoms with Gasteiger partial charge in [-0.15, -0.1) is 11.3 Å². The molecule has 5 aromatic rings. The number of nitrogens with zero attached hydrogens (tertiary/aromatic N) is 6. The van der Waals surface area contributed by atoms with Gasteiger partial charge in [0.2, 0.25) is 5.91 Å². The minimum atomic E-state index is -1.07. The number of anilines is 1.